The molecule has 0 radical (unpaired) electrons. The number of amides is 1. The van der Waals surface area contributed by atoms with E-state index in [1.807, 2.05) is 36.4 Å². The first-order valence-corrected chi connectivity index (χ1v) is 7.19. The van der Waals surface area contributed by atoms with Gasteiger partial charge in [0.1, 0.15) is 5.92 Å². The first-order valence-electron chi connectivity index (χ1n) is 7.19. The molecule has 1 amide bonds. The molecule has 1 heterocycles. The average molecular weight is 278 g/mol. The van der Waals surface area contributed by atoms with E-state index < -0.39 is 0 Å². The van der Waals surface area contributed by atoms with Gasteiger partial charge >= 0.3 is 0 Å². The van der Waals surface area contributed by atoms with Crippen LogP contribution in [0.2, 0.25) is 0 Å². The van der Waals surface area contributed by atoms with Crippen molar-refractivity contribution >= 4 is 23.5 Å². The van der Waals surface area contributed by atoms with Crippen LogP contribution < -0.4 is 5.32 Å². The van der Waals surface area contributed by atoms with Gasteiger partial charge < -0.3 is 5.32 Å². The first kappa shape index (κ1) is 13.6. The van der Waals surface area contributed by atoms with Gasteiger partial charge in [-0.25, -0.2) is 0 Å². The number of nitrogens with zero attached hydrogens (tertiary/aromatic N) is 1. The van der Waals surface area contributed by atoms with Crippen LogP contribution in [-0.2, 0) is 4.79 Å². The van der Waals surface area contributed by atoms with E-state index in [-0.39, 0.29) is 11.8 Å². The van der Waals surface area contributed by atoms with Gasteiger partial charge in [-0.15, -0.1) is 0 Å². The van der Waals surface area contributed by atoms with Crippen LogP contribution >= 0.6 is 0 Å². The lowest BCUT2D eigenvalue weighted by Crippen LogP contribution is -2.12. The molecular formula is C18H18N2O. The Morgan fingerprint density at radius 3 is 2.62 bits per heavy atom. The van der Waals surface area contributed by atoms with Crippen molar-refractivity contribution in [1.82, 2.24) is 0 Å². The van der Waals surface area contributed by atoms with Crippen molar-refractivity contribution in [2.75, 3.05) is 5.32 Å². The average Bonchev–Trinajstić information content (AvgIpc) is 2.80. The number of rotatable bonds is 3. The largest absolute Gasteiger partial charge is 0.325 e. The summed E-state index contributed by atoms with van der Waals surface area (Å²) in [7, 11) is 0. The number of aliphatic imine (C=N–C) groups is 1. The van der Waals surface area contributed by atoms with Crippen molar-refractivity contribution in [3.63, 3.8) is 0 Å². The molecular weight excluding hydrogens is 260 g/mol. The Bertz CT molecular complexity index is 690. The highest BCUT2D eigenvalue weighted by Crippen LogP contribution is 2.34. The third kappa shape index (κ3) is 2.72. The number of carbonyl (C=O) groups is 1. The molecule has 0 saturated carbocycles. The summed E-state index contributed by atoms with van der Waals surface area (Å²) >= 11 is 0. The van der Waals surface area contributed by atoms with Crippen LogP contribution in [0.1, 0.15) is 36.8 Å². The molecule has 0 aliphatic carbocycles. The molecule has 0 aromatic heterocycles. The number of para-hydroxylation sites is 1. The van der Waals surface area contributed by atoms with E-state index >= 15 is 0 Å². The minimum Gasteiger partial charge on any atom is -0.325 e. The molecule has 0 saturated heterocycles. The van der Waals surface area contributed by atoms with Crippen molar-refractivity contribution in [2.24, 2.45) is 4.99 Å². The minimum atomic E-state index is -0.304. The van der Waals surface area contributed by atoms with Gasteiger partial charge in [-0.2, -0.15) is 0 Å². The Labute approximate surface area is 124 Å². The van der Waals surface area contributed by atoms with E-state index in [4.69, 9.17) is 0 Å². The van der Waals surface area contributed by atoms with Crippen LogP contribution in [0.25, 0.3) is 0 Å². The van der Waals surface area contributed by atoms with E-state index in [2.05, 4.69) is 36.3 Å². The monoisotopic (exact) mass is 278 g/mol. The molecule has 1 aliphatic heterocycles. The summed E-state index contributed by atoms with van der Waals surface area (Å²) < 4.78 is 0. The molecule has 3 rings (SSSR count). The maximum Gasteiger partial charge on any atom is 0.237 e. The molecule has 1 unspecified atom stereocenters. The van der Waals surface area contributed by atoms with E-state index in [9.17, 15) is 4.79 Å². The summed E-state index contributed by atoms with van der Waals surface area (Å²) in [5, 5.41) is 2.95. The van der Waals surface area contributed by atoms with Crippen molar-refractivity contribution in [1.29, 1.82) is 0 Å². The van der Waals surface area contributed by atoms with Gasteiger partial charge in [0.25, 0.3) is 0 Å². The van der Waals surface area contributed by atoms with Gasteiger partial charge in [0.15, 0.2) is 0 Å². The summed E-state index contributed by atoms with van der Waals surface area (Å²) in [6.07, 6.45) is 1.73. The van der Waals surface area contributed by atoms with Gasteiger partial charge in [0.05, 0.1) is 5.69 Å². The second-order valence-corrected chi connectivity index (χ2v) is 5.58. The summed E-state index contributed by atoms with van der Waals surface area (Å²) in [5.74, 6) is 0.135. The van der Waals surface area contributed by atoms with Gasteiger partial charge in [0.2, 0.25) is 5.91 Å². The predicted molar refractivity (Wildman–Crippen MR) is 86.5 cm³/mol. The number of hydrogen-bond donors (Lipinski definition) is 1. The lowest BCUT2D eigenvalue weighted by atomic mass is 9.96. The van der Waals surface area contributed by atoms with Crippen molar-refractivity contribution < 1.29 is 4.79 Å². The number of nitrogens with one attached hydrogen (secondary N) is 1. The van der Waals surface area contributed by atoms with Crippen LogP contribution in [0, 0.1) is 0 Å². The zero-order valence-corrected chi connectivity index (χ0v) is 12.2. The van der Waals surface area contributed by atoms with Crippen molar-refractivity contribution in [3.8, 4) is 0 Å². The summed E-state index contributed by atoms with van der Waals surface area (Å²) in [6, 6.07) is 15.8. The van der Waals surface area contributed by atoms with E-state index in [0.717, 1.165) is 16.9 Å². The van der Waals surface area contributed by atoms with Gasteiger partial charge in [-0.3, -0.25) is 9.79 Å². The molecule has 0 bridgehead atoms. The van der Waals surface area contributed by atoms with Gasteiger partial charge in [-0.05, 0) is 35.2 Å². The molecule has 2 aromatic carbocycles. The van der Waals surface area contributed by atoms with Crippen LogP contribution in [-0.4, -0.2) is 12.1 Å². The van der Waals surface area contributed by atoms with E-state index in [1.165, 1.54) is 5.56 Å². The highest BCUT2D eigenvalue weighted by atomic mass is 16.2. The zero-order valence-electron chi connectivity index (χ0n) is 12.2. The topological polar surface area (TPSA) is 41.5 Å². The Hall–Kier alpha value is -2.42. The predicted octanol–water partition coefficient (Wildman–Crippen LogP) is 4.25. The lowest BCUT2D eigenvalue weighted by Gasteiger charge is -2.08. The van der Waals surface area contributed by atoms with E-state index in [0.29, 0.717) is 5.92 Å². The second kappa shape index (κ2) is 5.52. The number of hydrogen-bond acceptors (Lipinski definition) is 2. The smallest absolute Gasteiger partial charge is 0.237 e. The molecule has 0 fully saturated rings. The second-order valence-electron chi connectivity index (χ2n) is 5.58. The Balaban J connectivity index is 1.89. The maximum atomic E-state index is 12.1. The highest BCUT2D eigenvalue weighted by molar-refractivity contribution is 6.12. The fraction of sp³-hybridized carbons (Fsp3) is 0.222. The standard InChI is InChI=1S/C18H18N2O/c1-12(2)13-8-9-15-16(18(21)20-17(15)10-13)11-19-14-6-4-3-5-7-14/h3-12,16H,1-2H3,(H,20,21). The molecule has 3 nitrogen and oxygen atoms in total. The molecule has 1 aliphatic rings. The Morgan fingerprint density at radius 1 is 1.14 bits per heavy atom. The zero-order chi connectivity index (χ0) is 14.8. The summed E-state index contributed by atoms with van der Waals surface area (Å²) in [4.78, 5) is 16.5. The van der Waals surface area contributed by atoms with Crippen molar-refractivity contribution in [3.05, 3.63) is 59.7 Å². The maximum absolute atomic E-state index is 12.1. The number of benzene rings is 2. The number of fused-ring (bicyclic) bond motifs is 1. The third-order valence-electron chi connectivity index (χ3n) is 3.75. The number of anilines is 1. The van der Waals surface area contributed by atoms with Crippen LogP contribution in [0.15, 0.2) is 53.5 Å². The van der Waals surface area contributed by atoms with Gasteiger partial charge in [-0.1, -0.05) is 44.2 Å². The molecule has 0 spiro atoms. The molecule has 1 N–H and O–H groups in total. The van der Waals surface area contributed by atoms with E-state index in [1.54, 1.807) is 6.21 Å². The molecule has 21 heavy (non-hydrogen) atoms. The molecule has 3 heteroatoms. The first-order chi connectivity index (χ1) is 10.1. The minimum absolute atomic E-state index is 0.00872. The quantitative estimate of drug-likeness (QED) is 0.838. The molecule has 106 valence electrons. The van der Waals surface area contributed by atoms with Gasteiger partial charge in [0, 0.05) is 11.9 Å². The third-order valence-corrected chi connectivity index (χ3v) is 3.75. The fourth-order valence-corrected chi connectivity index (χ4v) is 2.49. The van der Waals surface area contributed by atoms with Crippen LogP contribution in [0.3, 0.4) is 0 Å². The Kier molecular flexibility index (Phi) is 3.57. The lowest BCUT2D eigenvalue weighted by molar-refractivity contribution is -0.115. The summed E-state index contributed by atoms with van der Waals surface area (Å²) in [5.41, 5.74) is 4.01. The summed E-state index contributed by atoms with van der Waals surface area (Å²) in [6.45, 7) is 4.29. The molecule has 2 aromatic rings. The normalized spacial score (nSPS) is 17.3. The van der Waals surface area contributed by atoms with Crippen molar-refractivity contribution in [2.45, 2.75) is 25.7 Å². The highest BCUT2D eigenvalue weighted by Gasteiger charge is 2.29. The molecule has 1 atom stereocenters. The van der Waals surface area contributed by atoms with Crippen LogP contribution in [0.5, 0.6) is 0 Å². The fourth-order valence-electron chi connectivity index (χ4n) is 2.49. The van der Waals surface area contributed by atoms with Crippen LogP contribution in [0.4, 0.5) is 11.4 Å². The number of carbonyl (C=O) groups excluding carboxylic acids is 1. The Morgan fingerprint density at radius 2 is 1.90 bits per heavy atom. The SMILES string of the molecule is CC(C)c1ccc2c(c1)NC(=O)C2C=Nc1ccccc1.